The molecule has 0 saturated carbocycles. The Balaban J connectivity index is 2.48. The minimum absolute atomic E-state index is 0.0920. The van der Waals surface area contributed by atoms with Gasteiger partial charge in [-0.05, 0) is 12.1 Å². The lowest BCUT2D eigenvalue weighted by Gasteiger charge is -2.11. The highest BCUT2D eigenvalue weighted by Crippen LogP contribution is 2.16. The van der Waals surface area contributed by atoms with E-state index in [2.05, 4.69) is 15.5 Å². The number of nitrogens with one attached hydrogen (secondary N) is 3. The molecule has 18 heavy (non-hydrogen) atoms. The summed E-state index contributed by atoms with van der Waals surface area (Å²) in [6, 6.07) is 4.89. The van der Waals surface area contributed by atoms with Crippen LogP contribution in [0.1, 0.15) is 0 Å². The van der Waals surface area contributed by atoms with Crippen LogP contribution in [0.2, 0.25) is 0 Å². The van der Waals surface area contributed by atoms with Gasteiger partial charge in [0, 0.05) is 12.2 Å². The Bertz CT molecular complexity index is 664. The van der Waals surface area contributed by atoms with Crippen molar-refractivity contribution < 1.29 is 5.11 Å². The minimum atomic E-state index is -0.719. The van der Waals surface area contributed by atoms with E-state index in [-0.39, 0.29) is 23.4 Å². The van der Waals surface area contributed by atoms with Gasteiger partial charge in [-0.15, -0.1) is 11.6 Å². The van der Waals surface area contributed by atoms with Gasteiger partial charge in [0.05, 0.1) is 22.8 Å². The van der Waals surface area contributed by atoms with Crippen molar-refractivity contribution in [1.29, 1.82) is 0 Å². The molecule has 0 amide bonds. The number of aliphatic hydroxyl groups excluding tert-OH is 1. The second-order valence-electron chi connectivity index (χ2n) is 3.83. The number of rotatable bonds is 4. The molecule has 1 aromatic carbocycles. The number of hydrogen-bond donors (Lipinski definition) is 4. The van der Waals surface area contributed by atoms with Crippen LogP contribution >= 0.6 is 11.6 Å². The predicted molar refractivity (Wildman–Crippen MR) is 70.4 cm³/mol. The maximum atomic E-state index is 11.7. The van der Waals surface area contributed by atoms with E-state index in [0.717, 1.165) is 0 Å². The van der Waals surface area contributed by atoms with Crippen molar-refractivity contribution in [3.63, 3.8) is 0 Å². The normalized spacial score (nSPS) is 12.6. The van der Waals surface area contributed by atoms with Gasteiger partial charge in [-0.25, -0.2) is 0 Å². The van der Waals surface area contributed by atoms with Crippen molar-refractivity contribution >= 4 is 28.1 Å². The van der Waals surface area contributed by atoms with E-state index in [9.17, 15) is 14.7 Å². The number of alkyl halides is 1. The number of benzene rings is 1. The maximum Gasteiger partial charge on any atom is 0.272 e. The SMILES string of the molecule is O=c1[nH][nH]c(=O)c2c(NCC(O)CCl)cccc12. The molecule has 0 fully saturated rings. The first kappa shape index (κ1) is 12.7. The zero-order valence-corrected chi connectivity index (χ0v) is 10.1. The Morgan fingerprint density at radius 1 is 1.28 bits per heavy atom. The van der Waals surface area contributed by atoms with E-state index in [0.29, 0.717) is 11.1 Å². The highest BCUT2D eigenvalue weighted by molar-refractivity contribution is 6.18. The van der Waals surface area contributed by atoms with Crippen LogP contribution in [0.5, 0.6) is 0 Å². The monoisotopic (exact) mass is 269 g/mol. The molecule has 6 nitrogen and oxygen atoms in total. The van der Waals surface area contributed by atoms with E-state index < -0.39 is 11.7 Å². The van der Waals surface area contributed by atoms with Gasteiger partial charge in [0.15, 0.2) is 0 Å². The minimum Gasteiger partial charge on any atom is -0.390 e. The van der Waals surface area contributed by atoms with Gasteiger partial charge < -0.3 is 10.4 Å². The first-order chi connectivity index (χ1) is 8.63. The van der Waals surface area contributed by atoms with Crippen molar-refractivity contribution in [2.45, 2.75) is 6.10 Å². The summed E-state index contributed by atoms with van der Waals surface area (Å²) in [6.07, 6.45) is -0.719. The van der Waals surface area contributed by atoms with Crippen LogP contribution in [0.25, 0.3) is 10.8 Å². The molecular weight excluding hydrogens is 258 g/mol. The highest BCUT2D eigenvalue weighted by atomic mass is 35.5. The van der Waals surface area contributed by atoms with Gasteiger partial charge in [0.25, 0.3) is 11.1 Å². The number of aromatic nitrogens is 2. The molecule has 7 heteroatoms. The summed E-state index contributed by atoms with van der Waals surface area (Å²) in [6.45, 7) is 0.203. The number of aromatic amines is 2. The number of anilines is 1. The number of fused-ring (bicyclic) bond motifs is 1. The molecule has 1 heterocycles. The first-order valence-electron chi connectivity index (χ1n) is 5.35. The lowest BCUT2D eigenvalue weighted by atomic mass is 10.1. The lowest BCUT2D eigenvalue weighted by molar-refractivity contribution is 0.211. The summed E-state index contributed by atoms with van der Waals surface area (Å²) in [4.78, 5) is 23.3. The van der Waals surface area contributed by atoms with E-state index in [1.807, 2.05) is 0 Å². The van der Waals surface area contributed by atoms with Gasteiger partial charge in [0.1, 0.15) is 0 Å². The number of H-pyrrole nitrogens is 2. The van der Waals surface area contributed by atoms with Crippen LogP contribution in [-0.4, -0.2) is 33.8 Å². The second kappa shape index (κ2) is 5.24. The summed E-state index contributed by atoms with van der Waals surface area (Å²) in [5.74, 6) is 0.0920. The van der Waals surface area contributed by atoms with Crippen molar-refractivity contribution in [2.24, 2.45) is 0 Å². The summed E-state index contributed by atoms with van der Waals surface area (Å²) in [5, 5.41) is 17.3. The summed E-state index contributed by atoms with van der Waals surface area (Å²) in [7, 11) is 0. The van der Waals surface area contributed by atoms with Crippen molar-refractivity contribution in [3.05, 3.63) is 38.9 Å². The van der Waals surface area contributed by atoms with E-state index in [1.165, 1.54) is 0 Å². The molecular formula is C11H12ClN3O3. The van der Waals surface area contributed by atoms with Crippen molar-refractivity contribution in [3.8, 4) is 0 Å². The largest absolute Gasteiger partial charge is 0.390 e. The Morgan fingerprint density at radius 2 is 2.00 bits per heavy atom. The zero-order valence-electron chi connectivity index (χ0n) is 9.37. The molecule has 0 aliphatic rings. The van der Waals surface area contributed by atoms with Crippen LogP contribution in [0.4, 0.5) is 5.69 Å². The Morgan fingerprint density at radius 3 is 2.72 bits per heavy atom. The van der Waals surface area contributed by atoms with Crippen LogP contribution in [0, 0.1) is 0 Å². The molecule has 2 aromatic rings. The summed E-state index contributed by atoms with van der Waals surface area (Å²) >= 11 is 5.48. The fraction of sp³-hybridized carbons (Fsp3) is 0.273. The third-order valence-corrected chi connectivity index (χ3v) is 2.89. The average molecular weight is 270 g/mol. The lowest BCUT2D eigenvalue weighted by Crippen LogP contribution is -2.23. The second-order valence-corrected chi connectivity index (χ2v) is 4.13. The van der Waals surface area contributed by atoms with Crippen molar-refractivity contribution in [1.82, 2.24) is 10.2 Å². The van der Waals surface area contributed by atoms with Gasteiger partial charge >= 0.3 is 0 Å². The third-order valence-electron chi connectivity index (χ3n) is 2.53. The summed E-state index contributed by atoms with van der Waals surface area (Å²) in [5.41, 5.74) is -0.275. The topological polar surface area (TPSA) is 98.0 Å². The quantitative estimate of drug-likeness (QED) is 0.597. The van der Waals surface area contributed by atoms with Crippen LogP contribution in [-0.2, 0) is 0 Å². The van der Waals surface area contributed by atoms with Gasteiger partial charge in [-0.1, -0.05) is 6.07 Å². The maximum absolute atomic E-state index is 11.7. The van der Waals surface area contributed by atoms with E-state index in [1.54, 1.807) is 18.2 Å². The summed E-state index contributed by atoms with van der Waals surface area (Å²) < 4.78 is 0. The molecule has 96 valence electrons. The Kier molecular flexibility index (Phi) is 3.69. The molecule has 0 spiro atoms. The van der Waals surface area contributed by atoms with Crippen LogP contribution in [0.3, 0.4) is 0 Å². The molecule has 0 saturated heterocycles. The van der Waals surface area contributed by atoms with Gasteiger partial charge in [0.2, 0.25) is 0 Å². The number of aliphatic hydroxyl groups is 1. The molecule has 4 N–H and O–H groups in total. The fourth-order valence-electron chi connectivity index (χ4n) is 1.66. The standard InChI is InChI=1S/C11H12ClN3O3/c12-4-6(16)5-13-8-3-1-2-7-9(8)11(18)15-14-10(7)17/h1-3,6,13,16H,4-5H2,(H,14,17)(H,15,18). The Labute approximate surface area is 107 Å². The molecule has 0 aliphatic carbocycles. The molecule has 1 unspecified atom stereocenters. The third kappa shape index (κ3) is 2.39. The molecule has 1 aromatic heterocycles. The molecule has 0 radical (unpaired) electrons. The predicted octanol–water partition coefficient (Wildman–Crippen LogP) is 0.228. The molecule has 0 bridgehead atoms. The molecule has 0 aliphatic heterocycles. The Hall–Kier alpha value is -1.79. The smallest absolute Gasteiger partial charge is 0.272 e. The molecule has 1 atom stereocenters. The van der Waals surface area contributed by atoms with E-state index in [4.69, 9.17) is 11.6 Å². The van der Waals surface area contributed by atoms with E-state index >= 15 is 0 Å². The van der Waals surface area contributed by atoms with Crippen LogP contribution in [0.15, 0.2) is 27.8 Å². The number of halogens is 1. The average Bonchev–Trinajstić information content (AvgIpc) is 2.40. The molecule has 2 rings (SSSR count). The highest BCUT2D eigenvalue weighted by Gasteiger charge is 2.09. The zero-order chi connectivity index (χ0) is 13.1. The first-order valence-corrected chi connectivity index (χ1v) is 5.88. The van der Waals surface area contributed by atoms with Crippen LogP contribution < -0.4 is 16.4 Å². The van der Waals surface area contributed by atoms with Gasteiger partial charge in [-0.2, -0.15) is 0 Å². The van der Waals surface area contributed by atoms with Crippen molar-refractivity contribution in [2.75, 3.05) is 17.7 Å². The fourth-order valence-corrected chi connectivity index (χ4v) is 1.77. The van der Waals surface area contributed by atoms with Gasteiger partial charge in [-0.3, -0.25) is 19.8 Å². The number of hydrogen-bond acceptors (Lipinski definition) is 4.